The molecular formula is C17H19ClFN3O3. The summed E-state index contributed by atoms with van der Waals surface area (Å²) in [5.41, 5.74) is 0.251. The maximum absolute atomic E-state index is 13.0. The minimum absolute atomic E-state index is 0.00221. The maximum Gasteiger partial charge on any atom is 0.275 e. The number of oxazole rings is 1. The molecule has 1 atom stereocenters. The van der Waals surface area contributed by atoms with Crippen LogP contribution < -0.4 is 10.1 Å². The van der Waals surface area contributed by atoms with Crippen molar-refractivity contribution < 1.29 is 18.3 Å². The minimum atomic E-state index is -0.442. The monoisotopic (exact) mass is 367 g/mol. The fourth-order valence-corrected chi connectivity index (χ4v) is 2.87. The molecule has 2 aromatic rings. The first-order valence-electron chi connectivity index (χ1n) is 8.11. The van der Waals surface area contributed by atoms with Gasteiger partial charge in [-0.25, -0.2) is 9.37 Å². The number of piperazine rings is 1. The maximum atomic E-state index is 13.0. The average molecular weight is 368 g/mol. The highest BCUT2D eigenvalue weighted by Crippen LogP contribution is 2.25. The van der Waals surface area contributed by atoms with Crippen molar-refractivity contribution in [3.63, 3.8) is 0 Å². The van der Waals surface area contributed by atoms with Gasteiger partial charge < -0.3 is 19.4 Å². The summed E-state index contributed by atoms with van der Waals surface area (Å²) in [6.07, 6.45) is 2.29. The van der Waals surface area contributed by atoms with Crippen LogP contribution in [-0.4, -0.2) is 41.5 Å². The number of ether oxygens (including phenoxy) is 1. The molecule has 1 aliphatic heterocycles. The van der Waals surface area contributed by atoms with Crippen LogP contribution in [0.15, 0.2) is 28.9 Å². The van der Waals surface area contributed by atoms with E-state index in [0.29, 0.717) is 24.9 Å². The second-order valence-corrected chi connectivity index (χ2v) is 6.21. The van der Waals surface area contributed by atoms with Gasteiger partial charge in [-0.05, 0) is 24.6 Å². The third-order valence-corrected chi connectivity index (χ3v) is 4.35. The smallest absolute Gasteiger partial charge is 0.275 e. The Labute approximate surface area is 149 Å². The van der Waals surface area contributed by atoms with E-state index in [0.717, 1.165) is 19.0 Å². The predicted octanol–water partition coefficient (Wildman–Crippen LogP) is 2.87. The van der Waals surface area contributed by atoms with Crippen molar-refractivity contribution in [2.24, 2.45) is 0 Å². The van der Waals surface area contributed by atoms with E-state index in [4.69, 9.17) is 20.8 Å². The van der Waals surface area contributed by atoms with E-state index >= 15 is 0 Å². The third-order valence-electron chi connectivity index (χ3n) is 4.05. The van der Waals surface area contributed by atoms with Crippen LogP contribution in [0.2, 0.25) is 5.02 Å². The van der Waals surface area contributed by atoms with Crippen LogP contribution in [0.1, 0.15) is 29.7 Å². The van der Waals surface area contributed by atoms with Crippen LogP contribution in [0.5, 0.6) is 5.75 Å². The zero-order valence-corrected chi connectivity index (χ0v) is 14.6. The Kier molecular flexibility index (Phi) is 5.55. The lowest BCUT2D eigenvalue weighted by molar-refractivity contribution is 0.0695. The highest BCUT2D eigenvalue weighted by Gasteiger charge is 2.25. The number of nitrogens with zero attached hydrogens (tertiary/aromatic N) is 2. The summed E-state index contributed by atoms with van der Waals surface area (Å²) in [6, 6.07) is 4.14. The number of benzene rings is 1. The Morgan fingerprint density at radius 2 is 2.40 bits per heavy atom. The number of hydrogen-bond donors (Lipinski definition) is 1. The van der Waals surface area contributed by atoms with Gasteiger partial charge in [-0.2, -0.15) is 0 Å². The van der Waals surface area contributed by atoms with Crippen LogP contribution in [0.25, 0.3) is 0 Å². The molecule has 0 bridgehead atoms. The molecule has 0 unspecified atom stereocenters. The van der Waals surface area contributed by atoms with Gasteiger partial charge in [0, 0.05) is 25.7 Å². The number of carbonyl (C=O) groups excluding carboxylic acids is 1. The molecule has 1 saturated heterocycles. The summed E-state index contributed by atoms with van der Waals surface area (Å²) in [4.78, 5) is 18.5. The molecule has 25 heavy (non-hydrogen) atoms. The van der Waals surface area contributed by atoms with Gasteiger partial charge in [0.05, 0.1) is 5.02 Å². The number of rotatable bonds is 5. The number of aromatic nitrogens is 1. The standard InChI is InChI=1S/C17H19ClFN3O3/c1-2-12-8-22(6-5-20-12)17(23)14-9-25-16(21-14)10-24-15-4-3-11(19)7-13(15)18/h3-4,7,9,12,20H,2,5-6,8,10H2,1H3/t12-/m1/s1. The Balaban J connectivity index is 1.61. The Morgan fingerprint density at radius 3 is 3.16 bits per heavy atom. The van der Waals surface area contributed by atoms with E-state index in [9.17, 15) is 9.18 Å². The van der Waals surface area contributed by atoms with Crippen LogP contribution in [0, 0.1) is 5.82 Å². The lowest BCUT2D eigenvalue weighted by Crippen LogP contribution is -2.52. The first-order valence-corrected chi connectivity index (χ1v) is 8.49. The van der Waals surface area contributed by atoms with Gasteiger partial charge in [0.1, 0.15) is 17.8 Å². The van der Waals surface area contributed by atoms with Crippen molar-refractivity contribution in [2.45, 2.75) is 26.0 Å². The molecule has 1 amide bonds. The zero-order chi connectivity index (χ0) is 17.8. The van der Waals surface area contributed by atoms with Crippen LogP contribution >= 0.6 is 11.6 Å². The number of hydrogen-bond acceptors (Lipinski definition) is 5. The van der Waals surface area contributed by atoms with E-state index < -0.39 is 5.82 Å². The van der Waals surface area contributed by atoms with Gasteiger partial charge in [-0.1, -0.05) is 18.5 Å². The zero-order valence-electron chi connectivity index (χ0n) is 13.8. The molecule has 0 aliphatic carbocycles. The third kappa shape index (κ3) is 4.29. The van der Waals surface area contributed by atoms with Crippen LogP contribution in [0.4, 0.5) is 4.39 Å². The molecule has 8 heteroatoms. The molecule has 1 aromatic carbocycles. The van der Waals surface area contributed by atoms with Crippen molar-refractivity contribution in [3.05, 3.63) is 46.9 Å². The second kappa shape index (κ2) is 7.84. The van der Waals surface area contributed by atoms with Gasteiger partial charge in [0.15, 0.2) is 12.3 Å². The fraction of sp³-hybridized carbons (Fsp3) is 0.412. The summed E-state index contributed by atoms with van der Waals surface area (Å²) in [7, 11) is 0. The summed E-state index contributed by atoms with van der Waals surface area (Å²) in [5, 5.41) is 3.52. The number of halogens is 2. The highest BCUT2D eigenvalue weighted by molar-refractivity contribution is 6.32. The molecule has 0 radical (unpaired) electrons. The van der Waals surface area contributed by atoms with Crippen molar-refractivity contribution in [3.8, 4) is 5.75 Å². The summed E-state index contributed by atoms with van der Waals surface area (Å²) in [6.45, 7) is 4.13. The SMILES string of the molecule is CC[C@@H]1CN(C(=O)c2coc(COc3ccc(F)cc3Cl)n2)CCN1. The molecule has 0 spiro atoms. The van der Waals surface area contributed by atoms with E-state index in [1.807, 2.05) is 0 Å². The highest BCUT2D eigenvalue weighted by atomic mass is 35.5. The van der Waals surface area contributed by atoms with Gasteiger partial charge in [-0.15, -0.1) is 0 Å². The first kappa shape index (κ1) is 17.7. The van der Waals surface area contributed by atoms with E-state index in [-0.39, 0.29) is 29.1 Å². The minimum Gasteiger partial charge on any atom is -0.482 e. The van der Waals surface area contributed by atoms with Crippen molar-refractivity contribution in [1.29, 1.82) is 0 Å². The molecular weight excluding hydrogens is 349 g/mol. The Bertz CT molecular complexity index is 752. The molecule has 134 valence electrons. The predicted molar refractivity (Wildman–Crippen MR) is 90.2 cm³/mol. The summed E-state index contributed by atoms with van der Waals surface area (Å²) in [5.74, 6) is -0.0227. The molecule has 2 heterocycles. The quantitative estimate of drug-likeness (QED) is 0.880. The van der Waals surface area contributed by atoms with Gasteiger partial charge >= 0.3 is 0 Å². The number of nitrogens with one attached hydrogen (secondary N) is 1. The topological polar surface area (TPSA) is 67.6 Å². The number of amides is 1. The van der Waals surface area contributed by atoms with Gasteiger partial charge in [0.2, 0.25) is 5.89 Å². The summed E-state index contributed by atoms with van der Waals surface area (Å²) >= 11 is 5.90. The molecule has 1 fully saturated rings. The first-order chi connectivity index (χ1) is 12.1. The largest absolute Gasteiger partial charge is 0.482 e. The van der Waals surface area contributed by atoms with Crippen molar-refractivity contribution in [2.75, 3.05) is 19.6 Å². The Hall–Kier alpha value is -2.12. The Morgan fingerprint density at radius 1 is 1.56 bits per heavy atom. The van der Waals surface area contributed by atoms with Crippen molar-refractivity contribution in [1.82, 2.24) is 15.2 Å². The van der Waals surface area contributed by atoms with E-state index in [1.54, 1.807) is 4.90 Å². The second-order valence-electron chi connectivity index (χ2n) is 5.80. The van der Waals surface area contributed by atoms with Gasteiger partial charge in [0.25, 0.3) is 5.91 Å². The van der Waals surface area contributed by atoms with E-state index in [1.165, 1.54) is 18.4 Å². The molecule has 0 saturated carbocycles. The average Bonchev–Trinajstić information content (AvgIpc) is 3.09. The lowest BCUT2D eigenvalue weighted by atomic mass is 10.1. The molecule has 6 nitrogen and oxygen atoms in total. The normalized spacial score (nSPS) is 17.6. The molecule has 1 aliphatic rings. The van der Waals surface area contributed by atoms with E-state index in [2.05, 4.69) is 17.2 Å². The molecule has 1 N–H and O–H groups in total. The van der Waals surface area contributed by atoms with Crippen LogP contribution in [0.3, 0.4) is 0 Å². The van der Waals surface area contributed by atoms with Crippen molar-refractivity contribution >= 4 is 17.5 Å². The lowest BCUT2D eigenvalue weighted by Gasteiger charge is -2.32. The fourth-order valence-electron chi connectivity index (χ4n) is 2.65. The number of carbonyl (C=O) groups is 1. The van der Waals surface area contributed by atoms with Crippen LogP contribution in [-0.2, 0) is 6.61 Å². The van der Waals surface area contributed by atoms with Gasteiger partial charge in [-0.3, -0.25) is 4.79 Å². The summed E-state index contributed by atoms with van der Waals surface area (Å²) < 4.78 is 23.8. The molecule has 1 aromatic heterocycles. The molecule has 3 rings (SSSR count).